The lowest BCUT2D eigenvalue weighted by Gasteiger charge is -2.28. The summed E-state index contributed by atoms with van der Waals surface area (Å²) in [7, 11) is 0. The summed E-state index contributed by atoms with van der Waals surface area (Å²) in [6.45, 7) is 4.47. The Bertz CT molecular complexity index is 1100. The second-order valence-electron chi connectivity index (χ2n) is 9.35. The van der Waals surface area contributed by atoms with Crippen molar-refractivity contribution >= 4 is 5.97 Å². The molecule has 184 valence electrons. The highest BCUT2D eigenvalue weighted by atomic mass is 19.1. The van der Waals surface area contributed by atoms with Crippen LogP contribution in [-0.2, 0) is 11.2 Å². The smallest absolute Gasteiger partial charge is 0.314 e. The molecule has 0 aliphatic heterocycles. The van der Waals surface area contributed by atoms with E-state index in [1.54, 1.807) is 24.3 Å². The maximum Gasteiger partial charge on any atom is 0.314 e. The molecule has 3 aromatic rings. The Morgan fingerprint density at radius 1 is 0.914 bits per heavy atom. The topological polar surface area (TPSA) is 35.5 Å². The lowest BCUT2D eigenvalue weighted by atomic mass is 9.78. The summed E-state index contributed by atoms with van der Waals surface area (Å²) >= 11 is 0. The molecule has 0 bridgehead atoms. The highest BCUT2D eigenvalue weighted by molar-refractivity contribution is 5.75. The molecule has 0 unspecified atom stereocenters. The molecule has 35 heavy (non-hydrogen) atoms. The van der Waals surface area contributed by atoms with Gasteiger partial charge in [-0.3, -0.25) is 4.79 Å². The van der Waals surface area contributed by atoms with Gasteiger partial charge in [0.25, 0.3) is 0 Å². The quantitative estimate of drug-likeness (QED) is 0.247. The van der Waals surface area contributed by atoms with Crippen LogP contribution in [0.2, 0.25) is 0 Å². The molecule has 1 saturated carbocycles. The fourth-order valence-corrected chi connectivity index (χ4v) is 4.89. The molecule has 0 amide bonds. The summed E-state index contributed by atoms with van der Waals surface area (Å²) in [4.78, 5) is 12.6. The summed E-state index contributed by atoms with van der Waals surface area (Å²) in [5.41, 5.74) is 1.87. The SMILES string of the molecule is CCOc1ccc(OC(=O)C2CCC(c3cc(F)c(C[C@@H](C)c4ccccc4)c(F)c3)CC2)cc1. The fourth-order valence-electron chi connectivity index (χ4n) is 4.89. The zero-order chi connectivity index (χ0) is 24.8. The van der Waals surface area contributed by atoms with E-state index in [4.69, 9.17) is 9.47 Å². The summed E-state index contributed by atoms with van der Waals surface area (Å²) in [5.74, 6) is -0.164. The Balaban J connectivity index is 1.34. The zero-order valence-electron chi connectivity index (χ0n) is 20.3. The molecule has 1 aliphatic carbocycles. The van der Waals surface area contributed by atoms with Gasteiger partial charge in [-0.2, -0.15) is 0 Å². The van der Waals surface area contributed by atoms with E-state index >= 15 is 0 Å². The number of carbonyl (C=O) groups is 1. The van der Waals surface area contributed by atoms with Gasteiger partial charge >= 0.3 is 5.97 Å². The lowest BCUT2D eigenvalue weighted by molar-refractivity contribution is -0.140. The number of benzene rings is 3. The van der Waals surface area contributed by atoms with Crippen LogP contribution >= 0.6 is 0 Å². The van der Waals surface area contributed by atoms with Crippen molar-refractivity contribution in [1.82, 2.24) is 0 Å². The normalized spacial score (nSPS) is 18.6. The molecule has 4 rings (SSSR count). The number of halogens is 2. The van der Waals surface area contributed by atoms with Gasteiger partial charge in [0, 0.05) is 5.56 Å². The van der Waals surface area contributed by atoms with Gasteiger partial charge in [-0.1, -0.05) is 37.3 Å². The van der Waals surface area contributed by atoms with E-state index in [-0.39, 0.29) is 29.3 Å². The number of esters is 1. The Kier molecular flexibility index (Phi) is 8.17. The molecule has 0 aromatic heterocycles. The van der Waals surface area contributed by atoms with Crippen LogP contribution in [0.15, 0.2) is 66.7 Å². The largest absolute Gasteiger partial charge is 0.494 e. The van der Waals surface area contributed by atoms with Gasteiger partial charge in [-0.15, -0.1) is 0 Å². The first-order chi connectivity index (χ1) is 16.9. The lowest BCUT2D eigenvalue weighted by Crippen LogP contribution is -2.25. The molecule has 0 spiro atoms. The van der Waals surface area contributed by atoms with Gasteiger partial charge in [-0.05, 0) is 98.4 Å². The van der Waals surface area contributed by atoms with Crippen molar-refractivity contribution in [3.63, 3.8) is 0 Å². The van der Waals surface area contributed by atoms with Crippen LogP contribution in [0, 0.1) is 17.6 Å². The monoisotopic (exact) mass is 478 g/mol. The highest BCUT2D eigenvalue weighted by Crippen LogP contribution is 2.38. The van der Waals surface area contributed by atoms with Crippen molar-refractivity contribution in [2.75, 3.05) is 6.61 Å². The summed E-state index contributed by atoms with van der Waals surface area (Å²) in [6.07, 6.45) is 2.97. The van der Waals surface area contributed by atoms with E-state index in [9.17, 15) is 13.6 Å². The van der Waals surface area contributed by atoms with Crippen molar-refractivity contribution in [3.8, 4) is 11.5 Å². The van der Waals surface area contributed by atoms with E-state index < -0.39 is 11.6 Å². The van der Waals surface area contributed by atoms with E-state index in [1.807, 2.05) is 44.2 Å². The van der Waals surface area contributed by atoms with E-state index in [0.717, 1.165) is 11.3 Å². The fraction of sp³-hybridized carbons (Fsp3) is 0.367. The minimum atomic E-state index is -0.486. The zero-order valence-corrected chi connectivity index (χ0v) is 20.3. The number of hydrogen-bond donors (Lipinski definition) is 0. The number of ether oxygens (including phenoxy) is 2. The molecule has 1 atom stereocenters. The van der Waals surface area contributed by atoms with Gasteiger partial charge in [0.15, 0.2) is 0 Å². The average Bonchev–Trinajstić information content (AvgIpc) is 2.88. The van der Waals surface area contributed by atoms with Crippen LogP contribution in [-0.4, -0.2) is 12.6 Å². The van der Waals surface area contributed by atoms with Crippen molar-refractivity contribution in [2.45, 2.75) is 57.8 Å². The van der Waals surface area contributed by atoms with Crippen LogP contribution in [0.3, 0.4) is 0 Å². The minimum absolute atomic E-state index is 0.0166. The van der Waals surface area contributed by atoms with E-state index in [1.165, 1.54) is 12.1 Å². The Morgan fingerprint density at radius 3 is 2.11 bits per heavy atom. The molecule has 1 aliphatic rings. The molecule has 5 heteroatoms. The highest BCUT2D eigenvalue weighted by Gasteiger charge is 2.29. The summed E-state index contributed by atoms with van der Waals surface area (Å²) in [5, 5.41) is 0. The minimum Gasteiger partial charge on any atom is -0.494 e. The van der Waals surface area contributed by atoms with Crippen LogP contribution in [0.1, 0.15) is 68.1 Å². The van der Waals surface area contributed by atoms with Gasteiger partial charge in [0.05, 0.1) is 12.5 Å². The molecule has 3 nitrogen and oxygen atoms in total. The molecule has 0 heterocycles. The van der Waals surface area contributed by atoms with Gasteiger partial charge in [-0.25, -0.2) is 8.78 Å². The molecular formula is C30H32F2O3. The molecule has 1 fully saturated rings. The molecule has 0 radical (unpaired) electrons. The van der Waals surface area contributed by atoms with Gasteiger partial charge < -0.3 is 9.47 Å². The van der Waals surface area contributed by atoms with Crippen molar-refractivity contribution in [2.24, 2.45) is 5.92 Å². The van der Waals surface area contributed by atoms with Gasteiger partial charge in [0.2, 0.25) is 0 Å². The van der Waals surface area contributed by atoms with Crippen LogP contribution < -0.4 is 9.47 Å². The van der Waals surface area contributed by atoms with Gasteiger partial charge in [0.1, 0.15) is 23.1 Å². The molecular weight excluding hydrogens is 446 g/mol. The second kappa shape index (κ2) is 11.5. The van der Waals surface area contributed by atoms with Crippen molar-refractivity contribution in [1.29, 1.82) is 0 Å². The van der Waals surface area contributed by atoms with Crippen LogP contribution in [0.25, 0.3) is 0 Å². The molecule has 0 saturated heterocycles. The standard InChI is InChI=1S/C30H32F2O3/c1-3-34-25-13-15-26(16-14-25)35-30(33)23-11-9-22(10-12-23)24-18-28(31)27(29(32)19-24)17-20(2)21-7-5-4-6-8-21/h4-8,13-16,18-20,22-23H,3,9-12,17H2,1-2H3/t20-,22?,23?/m1/s1. The third-order valence-corrected chi connectivity index (χ3v) is 6.93. The predicted octanol–water partition coefficient (Wildman–Crippen LogP) is 7.59. The number of hydrogen-bond acceptors (Lipinski definition) is 3. The summed E-state index contributed by atoms with van der Waals surface area (Å²) in [6, 6.07) is 19.7. The van der Waals surface area contributed by atoms with Crippen molar-refractivity contribution in [3.05, 3.63) is 95.1 Å². The van der Waals surface area contributed by atoms with Crippen molar-refractivity contribution < 1.29 is 23.0 Å². The van der Waals surface area contributed by atoms with Crippen LogP contribution in [0.4, 0.5) is 8.78 Å². The third-order valence-electron chi connectivity index (χ3n) is 6.93. The molecule has 0 N–H and O–H groups in total. The Hall–Kier alpha value is -3.21. The second-order valence-corrected chi connectivity index (χ2v) is 9.35. The first kappa shape index (κ1) is 24.9. The maximum absolute atomic E-state index is 14.9. The Morgan fingerprint density at radius 2 is 1.51 bits per heavy atom. The number of carbonyl (C=O) groups excluding carboxylic acids is 1. The summed E-state index contributed by atoms with van der Waals surface area (Å²) < 4.78 is 40.8. The molecule has 3 aromatic carbocycles. The van der Waals surface area contributed by atoms with Crippen LogP contribution in [0.5, 0.6) is 11.5 Å². The first-order valence-corrected chi connectivity index (χ1v) is 12.4. The number of rotatable bonds is 8. The third kappa shape index (κ3) is 6.27. The Labute approximate surface area is 206 Å². The first-order valence-electron chi connectivity index (χ1n) is 12.4. The maximum atomic E-state index is 14.9. The van der Waals surface area contributed by atoms with E-state index in [2.05, 4.69) is 0 Å². The average molecular weight is 479 g/mol. The predicted molar refractivity (Wildman–Crippen MR) is 133 cm³/mol. The van der Waals surface area contributed by atoms with E-state index in [0.29, 0.717) is 50.0 Å².